The van der Waals surface area contributed by atoms with Gasteiger partial charge < -0.3 is 8.83 Å². The molecule has 0 bridgehead atoms. The second-order valence-electron chi connectivity index (χ2n) is 13.6. The molecule has 52 heavy (non-hydrogen) atoms. The van der Waals surface area contributed by atoms with Crippen molar-refractivity contribution in [2.75, 3.05) is 0 Å². The third-order valence-corrected chi connectivity index (χ3v) is 10.4. The second kappa shape index (κ2) is 11.3. The Balaban J connectivity index is 1.16. The summed E-state index contributed by atoms with van der Waals surface area (Å²) >= 11 is 0. The first-order chi connectivity index (χ1) is 25.7. The summed E-state index contributed by atoms with van der Waals surface area (Å²) in [6.07, 6.45) is 5.24. The van der Waals surface area contributed by atoms with Gasteiger partial charge in [-0.15, -0.1) is 0 Å². The number of aromatic nitrogens is 3. The largest absolute Gasteiger partial charge is 0.456 e. The predicted octanol–water partition coefficient (Wildman–Crippen LogP) is 12.2. The number of fused-ring (bicyclic) bond motifs is 8. The Labute approximate surface area is 298 Å². The van der Waals surface area contributed by atoms with Crippen molar-refractivity contribution in [3.05, 3.63) is 169 Å². The van der Waals surface area contributed by atoms with Gasteiger partial charge in [0.05, 0.1) is 0 Å². The molecule has 1 aliphatic carbocycles. The molecule has 0 fully saturated rings. The van der Waals surface area contributed by atoms with E-state index in [-0.39, 0.29) is 5.92 Å². The highest BCUT2D eigenvalue weighted by Crippen LogP contribution is 2.41. The number of nitrogens with zero attached hydrogens (tertiary/aromatic N) is 3. The molecule has 0 saturated carbocycles. The molecule has 7 aromatic carbocycles. The molecule has 0 N–H and O–H groups in total. The molecular weight excluding hydrogens is 639 g/mol. The van der Waals surface area contributed by atoms with Gasteiger partial charge in [-0.2, -0.15) is 0 Å². The Hall–Kier alpha value is -6.85. The average molecular weight is 668 g/mol. The lowest BCUT2D eigenvalue weighted by molar-refractivity contribution is 0.669. The lowest BCUT2D eigenvalue weighted by atomic mass is 9.89. The van der Waals surface area contributed by atoms with E-state index in [0.717, 1.165) is 83.8 Å². The van der Waals surface area contributed by atoms with Crippen molar-refractivity contribution >= 4 is 60.7 Å². The van der Waals surface area contributed by atoms with Crippen molar-refractivity contribution in [2.45, 2.75) is 12.3 Å². The highest BCUT2D eigenvalue weighted by Gasteiger charge is 2.24. The first-order valence-corrected chi connectivity index (χ1v) is 17.6. The third-order valence-electron chi connectivity index (χ3n) is 10.4. The van der Waals surface area contributed by atoms with Crippen LogP contribution >= 0.6 is 0 Å². The number of allylic oxidation sites excluding steroid dienone is 1. The van der Waals surface area contributed by atoms with Crippen LogP contribution in [-0.2, 0) is 6.42 Å². The van der Waals surface area contributed by atoms with E-state index < -0.39 is 0 Å². The molecule has 244 valence electrons. The van der Waals surface area contributed by atoms with Crippen molar-refractivity contribution in [3.8, 4) is 33.9 Å². The SMILES string of the molecule is C1=CC(c2nc(-c3ccc4ccccc4c3)nc(-c3cc(-c4ccc5oc6ccccc6c5c4)cc4oc5ccccc5c34)n2)Cc2ccccc21. The van der Waals surface area contributed by atoms with E-state index in [0.29, 0.717) is 11.6 Å². The highest BCUT2D eigenvalue weighted by atomic mass is 16.3. The van der Waals surface area contributed by atoms with Crippen LogP contribution in [0.1, 0.15) is 22.9 Å². The van der Waals surface area contributed by atoms with Crippen LogP contribution in [0.2, 0.25) is 0 Å². The summed E-state index contributed by atoms with van der Waals surface area (Å²) in [5.74, 6) is 2.01. The van der Waals surface area contributed by atoms with Gasteiger partial charge in [0.1, 0.15) is 28.2 Å². The van der Waals surface area contributed by atoms with Crippen LogP contribution in [-0.4, -0.2) is 15.0 Å². The highest BCUT2D eigenvalue weighted by molar-refractivity contribution is 6.13. The van der Waals surface area contributed by atoms with Crippen molar-refractivity contribution < 1.29 is 8.83 Å². The maximum absolute atomic E-state index is 6.57. The van der Waals surface area contributed by atoms with Gasteiger partial charge in [0.15, 0.2) is 11.6 Å². The molecule has 5 nitrogen and oxygen atoms in total. The standard InChI is InChI=1S/C47H29N3O2/c1-3-11-30-23-33(19-17-28(30)9-1)45-48-46(34-20-18-29-10-2-4-12-31(29)24-34)50-47(49-45)39-26-35(27-43-44(39)37-14-6-8-16-41(37)52-43)32-21-22-42-38(25-32)36-13-5-7-15-40(36)51-42/h1-23,25-27,34H,24H2. The zero-order valence-electron chi connectivity index (χ0n) is 28.0. The minimum Gasteiger partial charge on any atom is -0.456 e. The summed E-state index contributed by atoms with van der Waals surface area (Å²) in [6.45, 7) is 0. The molecule has 5 heteroatoms. The second-order valence-corrected chi connectivity index (χ2v) is 13.6. The minimum atomic E-state index is -0.00703. The molecule has 10 aromatic rings. The number of benzene rings is 7. The summed E-state index contributed by atoms with van der Waals surface area (Å²) in [5.41, 5.74) is 9.79. The molecular formula is C47H29N3O2. The van der Waals surface area contributed by atoms with Gasteiger partial charge in [-0.25, -0.2) is 15.0 Å². The lowest BCUT2D eigenvalue weighted by Crippen LogP contribution is -2.12. The Morgan fingerprint density at radius 3 is 2.12 bits per heavy atom. The lowest BCUT2D eigenvalue weighted by Gasteiger charge is -2.19. The van der Waals surface area contributed by atoms with Gasteiger partial charge in [-0.3, -0.25) is 0 Å². The third kappa shape index (κ3) is 4.67. The van der Waals surface area contributed by atoms with Crippen molar-refractivity contribution in [1.82, 2.24) is 15.0 Å². The van der Waals surface area contributed by atoms with Gasteiger partial charge >= 0.3 is 0 Å². The fourth-order valence-corrected chi connectivity index (χ4v) is 7.82. The van der Waals surface area contributed by atoms with Crippen molar-refractivity contribution in [1.29, 1.82) is 0 Å². The molecule has 1 atom stereocenters. The molecule has 11 rings (SSSR count). The van der Waals surface area contributed by atoms with Crippen LogP contribution in [0.4, 0.5) is 0 Å². The van der Waals surface area contributed by atoms with Crippen LogP contribution < -0.4 is 0 Å². The normalized spacial score (nSPS) is 14.2. The molecule has 0 aliphatic heterocycles. The molecule has 1 unspecified atom stereocenters. The van der Waals surface area contributed by atoms with Crippen LogP contribution in [0.5, 0.6) is 0 Å². The van der Waals surface area contributed by atoms with Crippen LogP contribution in [0.25, 0.3) is 94.6 Å². The minimum absolute atomic E-state index is 0.00703. The fraction of sp³-hybridized carbons (Fsp3) is 0.0426. The number of hydrogen-bond acceptors (Lipinski definition) is 5. The van der Waals surface area contributed by atoms with Crippen LogP contribution in [0, 0.1) is 0 Å². The summed E-state index contributed by atoms with van der Waals surface area (Å²) < 4.78 is 12.7. The maximum atomic E-state index is 6.57. The molecule has 0 amide bonds. The molecule has 0 radical (unpaired) electrons. The van der Waals surface area contributed by atoms with E-state index in [1.807, 2.05) is 30.3 Å². The first kappa shape index (κ1) is 28.9. The van der Waals surface area contributed by atoms with Gasteiger partial charge in [0.2, 0.25) is 0 Å². The summed E-state index contributed by atoms with van der Waals surface area (Å²) in [4.78, 5) is 15.8. The zero-order valence-corrected chi connectivity index (χ0v) is 28.0. The maximum Gasteiger partial charge on any atom is 0.164 e. The van der Waals surface area contributed by atoms with E-state index in [1.165, 1.54) is 16.5 Å². The van der Waals surface area contributed by atoms with E-state index in [9.17, 15) is 0 Å². The molecule has 0 saturated heterocycles. The van der Waals surface area contributed by atoms with Crippen molar-refractivity contribution in [3.63, 3.8) is 0 Å². The fourth-order valence-electron chi connectivity index (χ4n) is 7.82. The summed E-state index contributed by atoms with van der Waals surface area (Å²) in [6, 6.07) is 50.5. The Morgan fingerprint density at radius 2 is 1.19 bits per heavy atom. The topological polar surface area (TPSA) is 65.0 Å². The predicted molar refractivity (Wildman–Crippen MR) is 210 cm³/mol. The van der Waals surface area contributed by atoms with Crippen LogP contribution in [0.3, 0.4) is 0 Å². The average Bonchev–Trinajstić information content (AvgIpc) is 3.78. The summed E-state index contributed by atoms with van der Waals surface area (Å²) in [5, 5.41) is 6.49. The first-order valence-electron chi connectivity index (χ1n) is 17.6. The number of furan rings is 2. The molecule has 1 aliphatic rings. The van der Waals surface area contributed by atoms with Crippen molar-refractivity contribution in [2.24, 2.45) is 0 Å². The van der Waals surface area contributed by atoms with Gasteiger partial charge in [-0.05, 0) is 81.9 Å². The Bertz CT molecular complexity index is 3080. The number of hydrogen-bond donors (Lipinski definition) is 0. The monoisotopic (exact) mass is 667 g/mol. The number of rotatable bonds is 4. The van der Waals surface area contributed by atoms with E-state index in [2.05, 4.69) is 127 Å². The Morgan fingerprint density at radius 1 is 0.481 bits per heavy atom. The van der Waals surface area contributed by atoms with E-state index >= 15 is 0 Å². The van der Waals surface area contributed by atoms with E-state index in [4.69, 9.17) is 23.8 Å². The zero-order chi connectivity index (χ0) is 34.2. The van der Waals surface area contributed by atoms with E-state index in [1.54, 1.807) is 0 Å². The molecule has 3 heterocycles. The molecule has 0 spiro atoms. The number of para-hydroxylation sites is 2. The van der Waals surface area contributed by atoms with Gasteiger partial charge in [-0.1, -0.05) is 115 Å². The van der Waals surface area contributed by atoms with Gasteiger partial charge in [0.25, 0.3) is 0 Å². The quantitative estimate of drug-likeness (QED) is 0.187. The Kier molecular flexibility index (Phi) is 6.31. The van der Waals surface area contributed by atoms with Gasteiger partial charge in [0, 0.05) is 38.6 Å². The van der Waals surface area contributed by atoms with Crippen LogP contribution in [0.15, 0.2) is 161 Å². The summed E-state index contributed by atoms with van der Waals surface area (Å²) in [7, 11) is 0. The smallest absolute Gasteiger partial charge is 0.164 e. The molecule has 3 aromatic heterocycles.